The normalized spacial score (nSPS) is 10.9. The maximum absolute atomic E-state index is 13.0. The molecule has 0 aliphatic rings. The minimum absolute atomic E-state index is 0.00114. The van der Waals surface area contributed by atoms with Crippen LogP contribution in [0.15, 0.2) is 127 Å². The minimum atomic E-state index is -0.872. The average Bonchev–Trinajstić information content (AvgIpc) is 3.21. The third-order valence-electron chi connectivity index (χ3n) is 7.22. The fourth-order valence-corrected chi connectivity index (χ4v) is 4.57. The monoisotopic (exact) mass is 729 g/mol. The highest BCUT2D eigenvalue weighted by Crippen LogP contribution is 2.15. The van der Waals surface area contributed by atoms with Crippen molar-refractivity contribution in [2.75, 3.05) is 39.5 Å². The third-order valence-corrected chi connectivity index (χ3v) is 7.22. The molecule has 3 amide bonds. The zero-order chi connectivity index (χ0) is 38.4. The quantitative estimate of drug-likeness (QED) is 0.0572. The van der Waals surface area contributed by atoms with Crippen LogP contribution in [0.3, 0.4) is 0 Å². The van der Waals surface area contributed by atoms with E-state index < -0.39 is 35.6 Å². The van der Waals surface area contributed by atoms with Gasteiger partial charge in [-0.1, -0.05) is 91.0 Å². The van der Waals surface area contributed by atoms with E-state index in [0.717, 1.165) is 16.7 Å². The molecule has 54 heavy (non-hydrogen) atoms. The van der Waals surface area contributed by atoms with E-state index in [0.29, 0.717) is 0 Å². The fourth-order valence-electron chi connectivity index (χ4n) is 4.57. The second kappa shape index (κ2) is 22.0. The van der Waals surface area contributed by atoms with Gasteiger partial charge in [0.2, 0.25) is 17.7 Å². The zero-order valence-electron chi connectivity index (χ0n) is 29.3. The van der Waals surface area contributed by atoms with E-state index in [1.165, 1.54) is 36.4 Å². The van der Waals surface area contributed by atoms with Crippen LogP contribution in [0.25, 0.3) is 18.2 Å². The summed E-state index contributed by atoms with van der Waals surface area (Å²) >= 11 is 0. The summed E-state index contributed by atoms with van der Waals surface area (Å²) in [7, 11) is 0. The van der Waals surface area contributed by atoms with Gasteiger partial charge < -0.3 is 30.2 Å². The molecule has 0 unspecified atom stereocenters. The van der Waals surface area contributed by atoms with Crippen molar-refractivity contribution in [3.63, 3.8) is 0 Å². The molecule has 3 N–H and O–H groups in total. The highest BCUT2D eigenvalue weighted by molar-refractivity contribution is 6.00. The van der Waals surface area contributed by atoms with E-state index in [1.54, 1.807) is 18.2 Å². The fraction of sp³-hybridized carbons (Fsp3) is 0.143. The molecule has 0 saturated heterocycles. The van der Waals surface area contributed by atoms with Crippen LogP contribution in [0.2, 0.25) is 0 Å². The number of nitrogens with one attached hydrogen (secondary N) is 3. The summed E-state index contributed by atoms with van der Waals surface area (Å²) in [5.74, 6) is -3.79. The van der Waals surface area contributed by atoms with E-state index >= 15 is 0 Å². The smallest absolute Gasteiger partial charge is 0.338 e. The number of amides is 3. The first kappa shape index (κ1) is 39.7. The molecule has 12 heteroatoms. The van der Waals surface area contributed by atoms with Gasteiger partial charge in [0, 0.05) is 18.2 Å². The molecule has 0 radical (unpaired) electrons. The summed E-state index contributed by atoms with van der Waals surface area (Å²) in [5.41, 5.74) is 2.08. The van der Waals surface area contributed by atoms with Crippen molar-refractivity contribution in [1.82, 2.24) is 16.0 Å². The Balaban J connectivity index is 1.32. The lowest BCUT2D eigenvalue weighted by molar-refractivity contribution is -0.117. The van der Waals surface area contributed by atoms with Gasteiger partial charge in [-0.25, -0.2) is 14.4 Å². The van der Waals surface area contributed by atoms with E-state index in [-0.39, 0.29) is 56.1 Å². The Hall–Kier alpha value is -7.08. The third kappa shape index (κ3) is 14.6. The lowest BCUT2D eigenvalue weighted by atomic mass is 10.1. The zero-order valence-corrected chi connectivity index (χ0v) is 29.3. The van der Waals surface area contributed by atoms with Crippen LogP contribution >= 0.6 is 0 Å². The Bertz CT molecular complexity index is 1740. The molecule has 0 heterocycles. The van der Waals surface area contributed by atoms with Crippen LogP contribution in [0.4, 0.5) is 0 Å². The Morgan fingerprint density at radius 2 is 0.667 bits per heavy atom. The lowest BCUT2D eigenvalue weighted by Gasteiger charge is -2.11. The summed E-state index contributed by atoms with van der Waals surface area (Å²) in [5, 5.41) is 7.82. The van der Waals surface area contributed by atoms with Crippen LogP contribution in [0, 0.1) is 0 Å². The molecule has 0 fully saturated rings. The standard InChI is InChI=1S/C42H39N3O9/c46-37(19-16-31-10-4-1-5-11-31)43-22-25-52-40(49)34-28-35(41(50)53-26-23-44-38(47)20-17-32-12-6-2-7-13-32)30-36(29-34)42(51)54-27-24-45-39(48)21-18-33-14-8-3-9-15-33/h1-21,28-30H,22-27H2,(H,43,46)(H,44,47)(H,45,48). The van der Waals surface area contributed by atoms with E-state index in [1.807, 2.05) is 91.0 Å². The van der Waals surface area contributed by atoms with Gasteiger partial charge in [-0.2, -0.15) is 0 Å². The van der Waals surface area contributed by atoms with Gasteiger partial charge in [0.15, 0.2) is 0 Å². The van der Waals surface area contributed by atoms with E-state index in [9.17, 15) is 28.8 Å². The highest BCUT2D eigenvalue weighted by Gasteiger charge is 2.19. The Labute approximate surface area is 312 Å². The molecule has 276 valence electrons. The van der Waals surface area contributed by atoms with Crippen LogP contribution in [0.1, 0.15) is 47.8 Å². The number of hydrogen-bond donors (Lipinski definition) is 3. The van der Waals surface area contributed by atoms with Gasteiger partial charge in [0.05, 0.1) is 36.3 Å². The highest BCUT2D eigenvalue weighted by atomic mass is 16.5. The van der Waals surface area contributed by atoms with Crippen LogP contribution < -0.4 is 16.0 Å². The van der Waals surface area contributed by atoms with Gasteiger partial charge >= 0.3 is 17.9 Å². The van der Waals surface area contributed by atoms with Gasteiger partial charge in [0.25, 0.3) is 0 Å². The SMILES string of the molecule is O=C(C=Cc1ccccc1)NCCOC(=O)c1cc(C(=O)OCCNC(=O)C=Cc2ccccc2)cc(C(=O)OCCNC(=O)C=Cc2ccccc2)c1. The van der Waals surface area contributed by atoms with Crippen molar-refractivity contribution in [2.24, 2.45) is 0 Å². The predicted molar refractivity (Wildman–Crippen MR) is 203 cm³/mol. The first-order valence-corrected chi connectivity index (χ1v) is 17.0. The van der Waals surface area contributed by atoms with E-state index in [4.69, 9.17) is 14.2 Å². The number of carbonyl (C=O) groups is 6. The van der Waals surface area contributed by atoms with Crippen LogP contribution in [0.5, 0.6) is 0 Å². The number of hydrogen-bond acceptors (Lipinski definition) is 9. The first-order valence-electron chi connectivity index (χ1n) is 17.0. The molecular weight excluding hydrogens is 690 g/mol. The van der Waals surface area contributed by atoms with Gasteiger partial charge in [0.1, 0.15) is 19.8 Å². The maximum Gasteiger partial charge on any atom is 0.338 e. The molecule has 0 aliphatic heterocycles. The van der Waals surface area contributed by atoms with E-state index in [2.05, 4.69) is 16.0 Å². The molecule has 0 aromatic heterocycles. The number of benzene rings is 4. The molecule has 4 rings (SSSR count). The van der Waals surface area contributed by atoms with Crippen LogP contribution in [-0.4, -0.2) is 75.1 Å². The molecule has 12 nitrogen and oxygen atoms in total. The Morgan fingerprint density at radius 1 is 0.407 bits per heavy atom. The largest absolute Gasteiger partial charge is 0.460 e. The molecule has 0 atom stereocenters. The molecule has 0 spiro atoms. The lowest BCUT2D eigenvalue weighted by Crippen LogP contribution is -2.27. The van der Waals surface area contributed by atoms with Gasteiger partial charge in [-0.05, 0) is 53.1 Å². The number of rotatable bonds is 18. The summed E-state index contributed by atoms with van der Waals surface area (Å²) < 4.78 is 15.8. The van der Waals surface area contributed by atoms with Crippen molar-refractivity contribution in [3.05, 3.63) is 161 Å². The average molecular weight is 730 g/mol. The molecule has 0 saturated carbocycles. The molecular formula is C42H39N3O9. The first-order chi connectivity index (χ1) is 26.3. The second-order valence-electron chi connectivity index (χ2n) is 11.3. The van der Waals surface area contributed by atoms with Gasteiger partial charge in [-0.15, -0.1) is 0 Å². The minimum Gasteiger partial charge on any atom is -0.460 e. The summed E-state index contributed by atoms with van der Waals surface area (Å²) in [4.78, 5) is 75.4. The van der Waals surface area contributed by atoms with Crippen molar-refractivity contribution in [2.45, 2.75) is 0 Å². The molecule has 4 aromatic carbocycles. The Kier molecular flexibility index (Phi) is 16.2. The molecule has 4 aromatic rings. The number of esters is 3. The van der Waals surface area contributed by atoms with Crippen molar-refractivity contribution in [1.29, 1.82) is 0 Å². The Morgan fingerprint density at radius 3 is 0.926 bits per heavy atom. The van der Waals surface area contributed by atoms with Gasteiger partial charge in [-0.3, -0.25) is 14.4 Å². The van der Waals surface area contributed by atoms with Crippen molar-refractivity contribution < 1.29 is 43.0 Å². The summed E-state index contributed by atoms with van der Waals surface area (Å²) in [6.07, 6.45) is 8.97. The summed E-state index contributed by atoms with van der Waals surface area (Å²) in [6, 6.07) is 31.3. The molecule has 0 bridgehead atoms. The topological polar surface area (TPSA) is 166 Å². The second-order valence-corrected chi connectivity index (χ2v) is 11.3. The maximum atomic E-state index is 13.0. The van der Waals surface area contributed by atoms with Crippen molar-refractivity contribution in [3.8, 4) is 0 Å². The molecule has 0 aliphatic carbocycles. The number of carbonyl (C=O) groups excluding carboxylic acids is 6. The number of ether oxygens (including phenoxy) is 3. The summed E-state index contributed by atoms with van der Waals surface area (Å²) in [6.45, 7) is -0.602. The van der Waals surface area contributed by atoms with Crippen molar-refractivity contribution >= 4 is 53.9 Å². The predicted octanol–water partition coefficient (Wildman–Crippen LogP) is 4.65. The van der Waals surface area contributed by atoms with Crippen LogP contribution in [-0.2, 0) is 28.6 Å².